The predicted molar refractivity (Wildman–Crippen MR) is 67.3 cm³/mol. The molecule has 2 nitrogen and oxygen atoms in total. The monoisotopic (exact) mass is 302 g/mol. The van der Waals surface area contributed by atoms with E-state index in [1.807, 2.05) is 0 Å². The van der Waals surface area contributed by atoms with Gasteiger partial charge in [-0.3, -0.25) is 0 Å². The molecular formula is C13H16BrFO2. The lowest BCUT2D eigenvalue weighted by molar-refractivity contribution is 0.0803. The molecule has 1 aliphatic heterocycles. The highest BCUT2D eigenvalue weighted by molar-refractivity contribution is 9.10. The highest BCUT2D eigenvalue weighted by atomic mass is 79.9. The predicted octanol–water partition coefficient (Wildman–Crippen LogP) is 3.58. The molecule has 0 amide bonds. The van der Waals surface area contributed by atoms with Gasteiger partial charge in [0.2, 0.25) is 0 Å². The van der Waals surface area contributed by atoms with Crippen molar-refractivity contribution in [1.82, 2.24) is 0 Å². The van der Waals surface area contributed by atoms with Crippen molar-refractivity contribution >= 4 is 15.9 Å². The van der Waals surface area contributed by atoms with Gasteiger partial charge in [-0.15, -0.1) is 0 Å². The van der Waals surface area contributed by atoms with Gasteiger partial charge in [-0.2, -0.15) is 0 Å². The molecule has 0 bridgehead atoms. The highest BCUT2D eigenvalue weighted by Crippen LogP contribution is 2.27. The van der Waals surface area contributed by atoms with Gasteiger partial charge in [-0.25, -0.2) is 4.39 Å². The maximum atomic E-state index is 13.5. The van der Waals surface area contributed by atoms with Crippen molar-refractivity contribution in [2.24, 2.45) is 0 Å². The maximum Gasteiger partial charge on any atom is 0.129 e. The molecule has 0 spiro atoms. The molecule has 4 heteroatoms. The van der Waals surface area contributed by atoms with Gasteiger partial charge < -0.3 is 9.84 Å². The Morgan fingerprint density at radius 3 is 3.06 bits per heavy atom. The number of hydrogen-bond acceptors (Lipinski definition) is 2. The molecule has 0 aromatic heterocycles. The minimum Gasteiger partial charge on any atom is -0.388 e. The first-order chi connectivity index (χ1) is 8.16. The molecule has 1 heterocycles. The number of benzene rings is 1. The van der Waals surface area contributed by atoms with Crippen LogP contribution in [0.25, 0.3) is 0 Å². The van der Waals surface area contributed by atoms with Crippen LogP contribution in [0, 0.1) is 5.82 Å². The molecule has 17 heavy (non-hydrogen) atoms. The van der Waals surface area contributed by atoms with Gasteiger partial charge in [0.05, 0.1) is 12.2 Å². The number of ether oxygens (including phenoxy) is 1. The third-order valence-electron chi connectivity index (χ3n) is 3.10. The topological polar surface area (TPSA) is 29.5 Å². The molecule has 1 N–H and O–H groups in total. The first-order valence-electron chi connectivity index (χ1n) is 5.91. The van der Waals surface area contributed by atoms with E-state index in [9.17, 15) is 9.50 Å². The molecule has 2 atom stereocenters. The molecule has 1 aliphatic rings. The molecule has 0 saturated carbocycles. The van der Waals surface area contributed by atoms with Crippen LogP contribution in [0.3, 0.4) is 0 Å². The average molecular weight is 303 g/mol. The van der Waals surface area contributed by atoms with Gasteiger partial charge in [0.25, 0.3) is 0 Å². The van der Waals surface area contributed by atoms with Crippen molar-refractivity contribution in [1.29, 1.82) is 0 Å². The van der Waals surface area contributed by atoms with Crippen molar-refractivity contribution in [3.63, 3.8) is 0 Å². The van der Waals surface area contributed by atoms with E-state index >= 15 is 0 Å². The van der Waals surface area contributed by atoms with Gasteiger partial charge in [0.1, 0.15) is 5.82 Å². The fraction of sp³-hybridized carbons (Fsp3) is 0.538. The van der Waals surface area contributed by atoms with E-state index in [1.165, 1.54) is 6.07 Å². The molecule has 1 aromatic rings. The van der Waals surface area contributed by atoms with Crippen molar-refractivity contribution in [3.05, 3.63) is 34.1 Å². The van der Waals surface area contributed by atoms with Gasteiger partial charge in [0.15, 0.2) is 0 Å². The standard InChI is InChI=1S/C13H16BrFO2/c14-9-3-5-12(15)11(8-9)13(16)6-4-10-2-1-7-17-10/h3,5,8,10,13,16H,1-2,4,6-7H2. The molecule has 0 radical (unpaired) electrons. The van der Waals surface area contributed by atoms with Crippen LogP contribution in [0.4, 0.5) is 4.39 Å². The van der Waals surface area contributed by atoms with E-state index in [0.717, 1.165) is 30.3 Å². The third-order valence-corrected chi connectivity index (χ3v) is 3.60. The second-order valence-electron chi connectivity index (χ2n) is 4.39. The second kappa shape index (κ2) is 5.94. The summed E-state index contributed by atoms with van der Waals surface area (Å²) in [5.41, 5.74) is 0.359. The van der Waals surface area contributed by atoms with Gasteiger partial charge in [-0.05, 0) is 43.9 Å². The highest BCUT2D eigenvalue weighted by Gasteiger charge is 2.19. The van der Waals surface area contributed by atoms with Crippen LogP contribution in [0.1, 0.15) is 37.4 Å². The third kappa shape index (κ3) is 3.50. The summed E-state index contributed by atoms with van der Waals surface area (Å²) < 4.78 is 19.8. The van der Waals surface area contributed by atoms with E-state index in [0.29, 0.717) is 12.0 Å². The first-order valence-corrected chi connectivity index (χ1v) is 6.70. The molecule has 2 unspecified atom stereocenters. The molecule has 0 aliphatic carbocycles. The molecule has 1 fully saturated rings. The fourth-order valence-electron chi connectivity index (χ4n) is 2.14. The Balaban J connectivity index is 1.93. The van der Waals surface area contributed by atoms with Gasteiger partial charge >= 0.3 is 0 Å². The van der Waals surface area contributed by atoms with E-state index in [1.54, 1.807) is 12.1 Å². The van der Waals surface area contributed by atoms with Crippen LogP contribution in [0.5, 0.6) is 0 Å². The minimum absolute atomic E-state index is 0.236. The minimum atomic E-state index is -0.753. The van der Waals surface area contributed by atoms with Gasteiger partial charge in [-0.1, -0.05) is 15.9 Å². The number of rotatable bonds is 4. The Morgan fingerprint density at radius 2 is 2.35 bits per heavy atom. The number of aliphatic hydroxyl groups excluding tert-OH is 1. The lowest BCUT2D eigenvalue weighted by Crippen LogP contribution is -2.09. The summed E-state index contributed by atoms with van der Waals surface area (Å²) in [4.78, 5) is 0. The first kappa shape index (κ1) is 13.0. The molecule has 1 saturated heterocycles. The van der Waals surface area contributed by atoms with Crippen molar-refractivity contribution in [2.45, 2.75) is 37.9 Å². The lowest BCUT2D eigenvalue weighted by atomic mass is 10.0. The van der Waals surface area contributed by atoms with Crippen molar-refractivity contribution in [2.75, 3.05) is 6.61 Å². The summed E-state index contributed by atoms with van der Waals surface area (Å²) in [5, 5.41) is 9.97. The van der Waals surface area contributed by atoms with Crippen molar-refractivity contribution < 1.29 is 14.2 Å². The molecule has 1 aromatic carbocycles. The summed E-state index contributed by atoms with van der Waals surface area (Å²) in [7, 11) is 0. The zero-order valence-electron chi connectivity index (χ0n) is 9.53. The fourth-order valence-corrected chi connectivity index (χ4v) is 2.52. The van der Waals surface area contributed by atoms with Crippen LogP contribution in [-0.2, 0) is 4.74 Å². The smallest absolute Gasteiger partial charge is 0.129 e. The molecule has 94 valence electrons. The number of hydrogen-bond donors (Lipinski definition) is 1. The van der Waals surface area contributed by atoms with Gasteiger partial charge in [0, 0.05) is 16.6 Å². The second-order valence-corrected chi connectivity index (χ2v) is 5.31. The van der Waals surface area contributed by atoms with E-state index < -0.39 is 6.10 Å². The quantitative estimate of drug-likeness (QED) is 0.921. The van der Waals surface area contributed by atoms with E-state index in [4.69, 9.17) is 4.74 Å². The Bertz CT molecular complexity index is 378. The number of aliphatic hydroxyl groups is 1. The number of halogens is 2. The summed E-state index contributed by atoms with van der Waals surface area (Å²) in [6, 6.07) is 4.63. The largest absolute Gasteiger partial charge is 0.388 e. The Morgan fingerprint density at radius 1 is 1.53 bits per heavy atom. The van der Waals surface area contributed by atoms with Crippen LogP contribution < -0.4 is 0 Å². The Hall–Kier alpha value is -0.450. The lowest BCUT2D eigenvalue weighted by Gasteiger charge is -2.15. The zero-order chi connectivity index (χ0) is 12.3. The zero-order valence-corrected chi connectivity index (χ0v) is 11.1. The van der Waals surface area contributed by atoms with Crippen LogP contribution in [0.2, 0.25) is 0 Å². The summed E-state index contributed by atoms with van der Waals surface area (Å²) in [5.74, 6) is -0.354. The summed E-state index contributed by atoms with van der Waals surface area (Å²) >= 11 is 3.28. The van der Waals surface area contributed by atoms with E-state index in [-0.39, 0.29) is 11.9 Å². The normalized spacial score (nSPS) is 21.7. The molecule has 2 rings (SSSR count). The Labute approximate surface area is 109 Å². The van der Waals surface area contributed by atoms with Crippen molar-refractivity contribution in [3.8, 4) is 0 Å². The average Bonchev–Trinajstić information content (AvgIpc) is 2.82. The van der Waals surface area contributed by atoms with Crippen LogP contribution in [0.15, 0.2) is 22.7 Å². The van der Waals surface area contributed by atoms with E-state index in [2.05, 4.69) is 15.9 Å². The molecular weight excluding hydrogens is 287 g/mol. The van der Waals surface area contributed by atoms with Crippen LogP contribution >= 0.6 is 15.9 Å². The van der Waals surface area contributed by atoms with Crippen LogP contribution in [-0.4, -0.2) is 17.8 Å². The summed E-state index contributed by atoms with van der Waals surface area (Å²) in [6.07, 6.45) is 2.95. The Kier molecular flexibility index (Phi) is 4.54. The maximum absolute atomic E-state index is 13.5. The summed E-state index contributed by atoms with van der Waals surface area (Å²) in [6.45, 7) is 0.812. The SMILES string of the molecule is OC(CCC1CCCO1)c1cc(Br)ccc1F.